The van der Waals surface area contributed by atoms with Crippen LogP contribution >= 0.6 is 9.24 Å². The number of hydrogen-bond acceptors (Lipinski definition) is 3. The lowest BCUT2D eigenvalue weighted by Crippen LogP contribution is -2.25. The van der Waals surface area contributed by atoms with Crippen LogP contribution in [0.5, 0.6) is 0 Å². The van der Waals surface area contributed by atoms with Crippen LogP contribution in [-0.4, -0.2) is 33.1 Å². The highest BCUT2D eigenvalue weighted by Gasteiger charge is 2.24. The zero-order chi connectivity index (χ0) is 26.8. The number of hydrogen-bond donors (Lipinski definition) is 2. The fraction of sp³-hybridized carbons (Fsp3) is 0.400. The van der Waals surface area contributed by atoms with E-state index in [1.807, 2.05) is 55.2 Å². The average Bonchev–Trinajstić information content (AvgIpc) is 3.28. The Morgan fingerprint density at radius 3 is 2.70 bits per heavy atom. The van der Waals surface area contributed by atoms with Crippen molar-refractivity contribution in [2.75, 3.05) is 7.05 Å². The van der Waals surface area contributed by atoms with Gasteiger partial charge in [-0.2, -0.15) is 5.10 Å². The van der Waals surface area contributed by atoms with E-state index < -0.39 is 5.34 Å². The van der Waals surface area contributed by atoms with Crippen LogP contribution in [0.25, 0.3) is 11.8 Å². The molecule has 0 saturated heterocycles. The van der Waals surface area contributed by atoms with Crippen LogP contribution < -0.4 is 5.32 Å². The van der Waals surface area contributed by atoms with Crippen molar-refractivity contribution in [3.05, 3.63) is 89.2 Å². The van der Waals surface area contributed by atoms with Crippen molar-refractivity contribution < 1.29 is 9.50 Å². The third-order valence-electron chi connectivity index (χ3n) is 6.80. The van der Waals surface area contributed by atoms with E-state index >= 15 is 0 Å². The van der Waals surface area contributed by atoms with Crippen molar-refractivity contribution in [1.82, 2.24) is 15.1 Å². The van der Waals surface area contributed by atoms with E-state index in [0.29, 0.717) is 25.2 Å². The van der Waals surface area contributed by atoms with Crippen LogP contribution in [0, 0.1) is 11.7 Å². The van der Waals surface area contributed by atoms with Crippen molar-refractivity contribution in [1.29, 1.82) is 0 Å². The van der Waals surface area contributed by atoms with Gasteiger partial charge < -0.3 is 10.4 Å². The lowest BCUT2D eigenvalue weighted by molar-refractivity contribution is 0.116. The standard InChI is InChI=1S/C30H40FN4OP/c1-5-8-23(6-2)15-18-33-29(32-4)14-17-30(36,37)16-7-9-24-20-28-25(19-22(24)3)21-34-35(28)27-12-10-26(31)11-13-27/h5-6,8,10-13,15,18,20-22,36H,7,9,14,16-17,19,37H2,1-4H3,(H,32,33)/b8-5-,18-15+,23-6+. The van der Waals surface area contributed by atoms with Gasteiger partial charge in [-0.05, 0) is 99.4 Å². The van der Waals surface area contributed by atoms with Gasteiger partial charge in [0, 0.05) is 19.7 Å². The molecule has 2 N–H and O–H groups in total. The molecule has 0 aliphatic heterocycles. The van der Waals surface area contributed by atoms with Crippen LogP contribution in [0.4, 0.5) is 4.39 Å². The SMILES string of the molecule is C\C=C/C(/C=C/NC(CCC(O)(P)CCCC1=Cc2c(cnn2-c2ccc(F)cc2)CC1C)=NC)=C\C. The Morgan fingerprint density at radius 1 is 1.27 bits per heavy atom. The summed E-state index contributed by atoms with van der Waals surface area (Å²) in [5, 5.41) is 18.0. The molecule has 1 aliphatic carbocycles. The fourth-order valence-electron chi connectivity index (χ4n) is 4.57. The molecule has 1 aromatic carbocycles. The number of allylic oxidation sites excluding steroid dienone is 6. The van der Waals surface area contributed by atoms with Crippen molar-refractivity contribution in [2.45, 2.75) is 64.6 Å². The van der Waals surface area contributed by atoms with Gasteiger partial charge in [0.1, 0.15) is 5.82 Å². The van der Waals surface area contributed by atoms with Crippen LogP contribution in [0.2, 0.25) is 0 Å². The molecule has 0 spiro atoms. The maximum atomic E-state index is 13.4. The minimum absolute atomic E-state index is 0.253. The van der Waals surface area contributed by atoms with E-state index in [1.54, 1.807) is 19.2 Å². The largest absolute Gasteiger partial charge is 0.386 e. The Hall–Kier alpha value is -2.82. The van der Waals surface area contributed by atoms with Crippen molar-refractivity contribution in [2.24, 2.45) is 10.9 Å². The van der Waals surface area contributed by atoms with Gasteiger partial charge in [0.25, 0.3) is 0 Å². The number of halogens is 1. The summed E-state index contributed by atoms with van der Waals surface area (Å²) in [6, 6.07) is 6.43. The second-order valence-electron chi connectivity index (χ2n) is 9.66. The Balaban J connectivity index is 1.55. The number of rotatable bonds is 11. The molecule has 37 heavy (non-hydrogen) atoms. The van der Waals surface area contributed by atoms with E-state index in [-0.39, 0.29) is 5.82 Å². The quantitative estimate of drug-likeness (QED) is 0.148. The number of aliphatic hydroxyl groups is 1. The molecule has 0 saturated carbocycles. The smallest absolute Gasteiger partial charge is 0.123 e. The number of nitrogens with zero attached hydrogens (tertiary/aromatic N) is 3. The first kappa shape index (κ1) is 28.7. The highest BCUT2D eigenvalue weighted by molar-refractivity contribution is 7.18. The Kier molecular flexibility index (Phi) is 10.6. The molecule has 3 rings (SSSR count). The first-order valence-electron chi connectivity index (χ1n) is 13.0. The second-order valence-corrected chi connectivity index (χ2v) is 10.7. The Labute approximate surface area is 223 Å². The first-order chi connectivity index (χ1) is 17.8. The predicted octanol–water partition coefficient (Wildman–Crippen LogP) is 6.76. The second kappa shape index (κ2) is 13.6. The molecule has 1 aliphatic rings. The monoisotopic (exact) mass is 522 g/mol. The van der Waals surface area contributed by atoms with Crippen LogP contribution in [0.15, 0.2) is 77.1 Å². The zero-order valence-electron chi connectivity index (χ0n) is 22.4. The van der Waals surface area contributed by atoms with Gasteiger partial charge in [-0.15, -0.1) is 9.24 Å². The molecule has 3 atom stereocenters. The summed E-state index contributed by atoms with van der Waals surface area (Å²) in [4.78, 5) is 4.34. The van der Waals surface area contributed by atoms with Gasteiger partial charge >= 0.3 is 0 Å². The summed E-state index contributed by atoms with van der Waals surface area (Å²) >= 11 is 0. The maximum absolute atomic E-state index is 13.4. The van der Waals surface area contributed by atoms with Gasteiger partial charge in [0.2, 0.25) is 0 Å². The van der Waals surface area contributed by atoms with Crippen LogP contribution in [0.1, 0.15) is 64.1 Å². The molecule has 5 nitrogen and oxygen atoms in total. The number of aromatic nitrogens is 2. The van der Waals surface area contributed by atoms with E-state index in [0.717, 1.165) is 42.1 Å². The van der Waals surface area contributed by atoms with E-state index in [2.05, 4.69) is 37.6 Å². The number of aliphatic imine (C=N–C) groups is 1. The number of benzene rings is 1. The molecule has 3 unspecified atom stereocenters. The van der Waals surface area contributed by atoms with Crippen molar-refractivity contribution >= 4 is 21.2 Å². The number of amidine groups is 1. The highest BCUT2D eigenvalue weighted by atomic mass is 31.0. The molecule has 0 fully saturated rings. The van der Waals surface area contributed by atoms with Crippen LogP contribution in [0.3, 0.4) is 0 Å². The van der Waals surface area contributed by atoms with Crippen molar-refractivity contribution in [3.8, 4) is 5.69 Å². The molecule has 0 radical (unpaired) electrons. The van der Waals surface area contributed by atoms with E-state index in [9.17, 15) is 9.50 Å². The maximum Gasteiger partial charge on any atom is 0.123 e. The molecular weight excluding hydrogens is 482 g/mol. The third-order valence-corrected chi connectivity index (χ3v) is 7.37. The Morgan fingerprint density at radius 2 is 2.03 bits per heavy atom. The van der Waals surface area contributed by atoms with Gasteiger partial charge in [0.15, 0.2) is 0 Å². The number of nitrogens with one attached hydrogen (secondary N) is 1. The van der Waals surface area contributed by atoms with E-state index in [1.165, 1.54) is 23.3 Å². The van der Waals surface area contributed by atoms with Crippen LogP contribution in [-0.2, 0) is 6.42 Å². The molecule has 0 amide bonds. The summed E-state index contributed by atoms with van der Waals surface area (Å²) in [5.41, 5.74) is 5.61. The van der Waals surface area contributed by atoms with Crippen molar-refractivity contribution in [3.63, 3.8) is 0 Å². The predicted molar refractivity (Wildman–Crippen MR) is 156 cm³/mol. The molecule has 2 aromatic rings. The summed E-state index contributed by atoms with van der Waals surface area (Å²) in [6.07, 6.45) is 18.8. The lowest BCUT2D eigenvalue weighted by Gasteiger charge is -2.26. The van der Waals surface area contributed by atoms with E-state index in [4.69, 9.17) is 0 Å². The zero-order valence-corrected chi connectivity index (χ0v) is 23.6. The summed E-state index contributed by atoms with van der Waals surface area (Å²) in [6.45, 7) is 6.25. The topological polar surface area (TPSA) is 62.4 Å². The number of fused-ring (bicyclic) bond motifs is 1. The molecule has 7 heteroatoms. The van der Waals surface area contributed by atoms with Gasteiger partial charge in [0.05, 0.1) is 28.8 Å². The van der Waals surface area contributed by atoms with Gasteiger partial charge in [-0.25, -0.2) is 9.07 Å². The lowest BCUT2D eigenvalue weighted by atomic mass is 9.85. The highest BCUT2D eigenvalue weighted by Crippen LogP contribution is 2.34. The average molecular weight is 523 g/mol. The normalized spacial score (nSPS) is 18.2. The van der Waals surface area contributed by atoms with Gasteiger partial charge in [-0.3, -0.25) is 4.99 Å². The molecule has 198 valence electrons. The molecule has 1 aromatic heterocycles. The minimum atomic E-state index is -0.847. The molecular formula is C30H40FN4OP. The first-order valence-corrected chi connectivity index (χ1v) is 13.6. The summed E-state index contributed by atoms with van der Waals surface area (Å²) in [7, 11) is 4.41. The molecule has 0 bridgehead atoms. The Bertz CT molecular complexity index is 1190. The fourth-order valence-corrected chi connectivity index (χ4v) is 4.92. The summed E-state index contributed by atoms with van der Waals surface area (Å²) in [5.74, 6) is 1.02. The molecule has 1 heterocycles. The van der Waals surface area contributed by atoms with Gasteiger partial charge in [-0.1, -0.05) is 30.7 Å². The minimum Gasteiger partial charge on any atom is -0.386 e. The summed E-state index contributed by atoms with van der Waals surface area (Å²) < 4.78 is 15.3. The third kappa shape index (κ3) is 8.34.